The number of benzene rings is 1. The molecular formula is C14H18ClNO2S. The first-order valence-corrected chi connectivity index (χ1v) is 7.21. The van der Waals surface area contributed by atoms with Crippen molar-refractivity contribution < 1.29 is 10.2 Å². The summed E-state index contributed by atoms with van der Waals surface area (Å²) < 4.78 is 0. The van der Waals surface area contributed by atoms with E-state index in [-0.39, 0.29) is 16.7 Å². The highest BCUT2D eigenvalue weighted by Gasteiger charge is 2.36. The van der Waals surface area contributed by atoms with Gasteiger partial charge in [-0.25, -0.2) is 0 Å². The number of nitrogens with one attached hydrogen (secondary N) is 1. The second-order valence-electron chi connectivity index (χ2n) is 5.18. The van der Waals surface area contributed by atoms with Crippen molar-refractivity contribution in [3.05, 3.63) is 34.9 Å². The molecule has 1 aliphatic carbocycles. The van der Waals surface area contributed by atoms with E-state index in [0.29, 0.717) is 11.6 Å². The molecule has 3 nitrogen and oxygen atoms in total. The molecule has 104 valence electrons. The minimum Gasteiger partial charge on any atom is -0.487 e. The average molecular weight is 300 g/mol. The van der Waals surface area contributed by atoms with Crippen LogP contribution in [0.25, 0.3) is 0 Å². The van der Waals surface area contributed by atoms with Gasteiger partial charge in [-0.05, 0) is 55.6 Å². The van der Waals surface area contributed by atoms with Gasteiger partial charge in [-0.2, -0.15) is 0 Å². The van der Waals surface area contributed by atoms with Crippen LogP contribution in [0.2, 0.25) is 5.02 Å². The quantitative estimate of drug-likeness (QED) is 0.751. The molecule has 1 aromatic rings. The van der Waals surface area contributed by atoms with Crippen molar-refractivity contribution >= 4 is 29.0 Å². The van der Waals surface area contributed by atoms with Gasteiger partial charge >= 0.3 is 0 Å². The number of hydrogen-bond acceptors (Lipinski definition) is 2. The van der Waals surface area contributed by atoms with Gasteiger partial charge in [-0.1, -0.05) is 23.7 Å². The van der Waals surface area contributed by atoms with Crippen molar-refractivity contribution in [1.82, 2.24) is 5.32 Å². The largest absolute Gasteiger partial charge is 0.487 e. The van der Waals surface area contributed by atoms with Gasteiger partial charge in [-0.15, -0.1) is 0 Å². The molecule has 0 aliphatic heterocycles. The summed E-state index contributed by atoms with van der Waals surface area (Å²) in [6.07, 6.45) is 2.99. The zero-order valence-electron chi connectivity index (χ0n) is 10.6. The van der Waals surface area contributed by atoms with Gasteiger partial charge in [0, 0.05) is 17.0 Å². The molecule has 0 radical (unpaired) electrons. The Labute approximate surface area is 123 Å². The van der Waals surface area contributed by atoms with Crippen LogP contribution in [0, 0.1) is 0 Å². The van der Waals surface area contributed by atoms with Crippen LogP contribution in [-0.2, 0) is 5.41 Å². The van der Waals surface area contributed by atoms with E-state index in [0.717, 1.165) is 31.2 Å². The lowest BCUT2D eigenvalue weighted by Gasteiger charge is -2.39. The first-order chi connectivity index (χ1) is 9.02. The van der Waals surface area contributed by atoms with E-state index in [1.54, 1.807) is 0 Å². The van der Waals surface area contributed by atoms with Gasteiger partial charge in [0.2, 0.25) is 0 Å². The molecule has 3 N–H and O–H groups in total. The third kappa shape index (κ3) is 3.59. The summed E-state index contributed by atoms with van der Waals surface area (Å²) in [7, 11) is 0. The zero-order chi connectivity index (χ0) is 13.9. The first kappa shape index (κ1) is 14.6. The highest BCUT2D eigenvalue weighted by Crippen LogP contribution is 2.39. The molecule has 19 heavy (non-hydrogen) atoms. The van der Waals surface area contributed by atoms with E-state index in [4.69, 9.17) is 11.6 Å². The lowest BCUT2D eigenvalue weighted by atomic mass is 9.68. The number of rotatable bonds is 3. The van der Waals surface area contributed by atoms with Crippen LogP contribution < -0.4 is 5.32 Å². The summed E-state index contributed by atoms with van der Waals surface area (Å²) >= 11 is 10.8. The van der Waals surface area contributed by atoms with E-state index in [9.17, 15) is 10.2 Å². The lowest BCUT2D eigenvalue weighted by molar-refractivity contribution is 0.0958. The molecule has 1 fully saturated rings. The molecule has 5 heteroatoms. The summed E-state index contributed by atoms with van der Waals surface area (Å²) in [6, 6.07) is 7.79. The van der Waals surface area contributed by atoms with Crippen LogP contribution in [0.3, 0.4) is 0 Å². The number of halogens is 1. The van der Waals surface area contributed by atoms with E-state index < -0.39 is 0 Å². The first-order valence-electron chi connectivity index (χ1n) is 6.43. The van der Waals surface area contributed by atoms with Gasteiger partial charge in [0.05, 0.1) is 6.10 Å². The molecule has 1 aromatic carbocycles. The molecule has 2 rings (SSSR count). The SMILES string of the molecule is OC(=S)NCC1(c2cccc(Cl)c2)CCC(O)CC1. The van der Waals surface area contributed by atoms with Gasteiger partial charge < -0.3 is 15.5 Å². The summed E-state index contributed by atoms with van der Waals surface area (Å²) in [5, 5.41) is 22.3. The number of aliphatic hydroxyl groups excluding tert-OH is 2. The van der Waals surface area contributed by atoms with Crippen LogP contribution >= 0.6 is 23.8 Å². The molecule has 1 aliphatic rings. The number of hydrogen-bond donors (Lipinski definition) is 3. The van der Waals surface area contributed by atoms with Crippen LogP contribution in [0.5, 0.6) is 0 Å². The highest BCUT2D eigenvalue weighted by molar-refractivity contribution is 7.79. The Morgan fingerprint density at radius 3 is 2.68 bits per heavy atom. The lowest BCUT2D eigenvalue weighted by Crippen LogP contribution is -2.43. The van der Waals surface area contributed by atoms with E-state index in [1.807, 2.05) is 24.3 Å². The van der Waals surface area contributed by atoms with E-state index in [2.05, 4.69) is 17.5 Å². The Morgan fingerprint density at radius 1 is 1.42 bits per heavy atom. The van der Waals surface area contributed by atoms with Crippen LogP contribution in [-0.4, -0.2) is 28.0 Å². The van der Waals surface area contributed by atoms with Crippen LogP contribution in [0.4, 0.5) is 0 Å². The molecule has 1 saturated carbocycles. The summed E-state index contributed by atoms with van der Waals surface area (Å²) in [6.45, 7) is 0.565. The normalized spacial score (nSPS) is 26.9. The van der Waals surface area contributed by atoms with Crippen molar-refractivity contribution in [3.63, 3.8) is 0 Å². The Kier molecular flexibility index (Phi) is 4.66. The zero-order valence-corrected chi connectivity index (χ0v) is 12.2. The molecule has 0 bridgehead atoms. The Balaban J connectivity index is 2.25. The summed E-state index contributed by atoms with van der Waals surface area (Å²) in [5.41, 5.74) is 1.01. The fourth-order valence-corrected chi connectivity index (χ4v) is 3.05. The second kappa shape index (κ2) is 6.07. The van der Waals surface area contributed by atoms with Crippen molar-refractivity contribution in [2.45, 2.75) is 37.2 Å². The molecule has 0 atom stereocenters. The third-order valence-electron chi connectivity index (χ3n) is 3.93. The molecule has 0 amide bonds. The Hall–Kier alpha value is -0.840. The minimum atomic E-state index is -0.228. The maximum atomic E-state index is 9.70. The molecule has 0 spiro atoms. The Morgan fingerprint density at radius 2 is 2.11 bits per heavy atom. The predicted molar refractivity (Wildman–Crippen MR) is 80.8 cm³/mol. The predicted octanol–water partition coefficient (Wildman–Crippen LogP) is 2.95. The van der Waals surface area contributed by atoms with Gasteiger partial charge in [0.25, 0.3) is 5.17 Å². The standard InChI is InChI=1S/C14H18ClNO2S/c15-11-3-1-2-10(8-11)14(9-16-13(18)19)6-4-12(17)5-7-14/h1-3,8,12,17H,4-7,9H2,(H2,16,18,19). The third-order valence-corrected chi connectivity index (χ3v) is 4.31. The fraction of sp³-hybridized carbons (Fsp3) is 0.500. The molecule has 0 unspecified atom stereocenters. The van der Waals surface area contributed by atoms with Crippen LogP contribution in [0.15, 0.2) is 24.3 Å². The summed E-state index contributed by atoms with van der Waals surface area (Å²) in [5.74, 6) is 0. The Bertz CT molecular complexity index is 459. The number of aliphatic hydroxyl groups is 2. The van der Waals surface area contributed by atoms with Crippen molar-refractivity contribution in [2.24, 2.45) is 0 Å². The van der Waals surface area contributed by atoms with Crippen molar-refractivity contribution in [3.8, 4) is 0 Å². The maximum absolute atomic E-state index is 9.70. The highest BCUT2D eigenvalue weighted by atomic mass is 35.5. The van der Waals surface area contributed by atoms with E-state index in [1.165, 1.54) is 0 Å². The molecule has 0 saturated heterocycles. The van der Waals surface area contributed by atoms with Gasteiger partial charge in [-0.3, -0.25) is 0 Å². The monoisotopic (exact) mass is 299 g/mol. The van der Waals surface area contributed by atoms with Gasteiger partial charge in [0.15, 0.2) is 0 Å². The molecular weight excluding hydrogens is 282 g/mol. The van der Waals surface area contributed by atoms with Crippen molar-refractivity contribution in [2.75, 3.05) is 6.54 Å². The minimum absolute atomic E-state index is 0.128. The molecule has 0 heterocycles. The topological polar surface area (TPSA) is 52.5 Å². The number of thiocarbonyl (C=S) groups is 1. The van der Waals surface area contributed by atoms with Crippen molar-refractivity contribution in [1.29, 1.82) is 0 Å². The maximum Gasteiger partial charge on any atom is 0.254 e. The van der Waals surface area contributed by atoms with E-state index >= 15 is 0 Å². The van der Waals surface area contributed by atoms with Crippen LogP contribution in [0.1, 0.15) is 31.2 Å². The fourth-order valence-electron chi connectivity index (χ4n) is 2.79. The average Bonchev–Trinajstić information content (AvgIpc) is 2.38. The van der Waals surface area contributed by atoms with Gasteiger partial charge in [0.1, 0.15) is 0 Å². The second-order valence-corrected chi connectivity index (χ2v) is 6.00. The smallest absolute Gasteiger partial charge is 0.254 e. The summed E-state index contributed by atoms with van der Waals surface area (Å²) in [4.78, 5) is 0. The molecule has 0 aromatic heterocycles.